The Kier molecular flexibility index (Phi) is 5.55. The molecule has 3 heteroatoms. The van der Waals surface area contributed by atoms with Crippen LogP contribution in [0.15, 0.2) is 18.2 Å². The van der Waals surface area contributed by atoms with Crippen LogP contribution in [0, 0.1) is 71.0 Å². The van der Waals surface area contributed by atoms with Gasteiger partial charge in [-0.1, -0.05) is 6.07 Å². The monoisotopic (exact) mass is 646 g/mol. The second-order valence-electron chi connectivity index (χ2n) is 22.6. The van der Waals surface area contributed by atoms with Gasteiger partial charge >= 0.3 is 0 Å². The molecule has 48 heavy (non-hydrogen) atoms. The van der Waals surface area contributed by atoms with Gasteiger partial charge in [0.1, 0.15) is 11.6 Å². The number of aromatic nitrogens is 1. The minimum absolute atomic E-state index is 0.387. The first-order valence-electron chi connectivity index (χ1n) is 22.0. The van der Waals surface area contributed by atoms with Crippen molar-refractivity contribution in [3.05, 3.63) is 18.2 Å². The Bertz CT molecular complexity index is 1170. The number of hydrogen-bond donors (Lipinski definition) is 0. The minimum atomic E-state index is 0.387. The fourth-order valence-corrected chi connectivity index (χ4v) is 20.0. The van der Waals surface area contributed by atoms with Crippen LogP contribution in [0.4, 0.5) is 11.6 Å². The van der Waals surface area contributed by atoms with Crippen molar-refractivity contribution in [1.29, 1.82) is 0 Å². The van der Waals surface area contributed by atoms with E-state index in [-0.39, 0.29) is 0 Å². The van der Waals surface area contributed by atoms with E-state index in [9.17, 15) is 0 Å². The summed E-state index contributed by atoms with van der Waals surface area (Å²) in [6.45, 7) is 0. The molecule has 258 valence electrons. The van der Waals surface area contributed by atoms with Crippen molar-refractivity contribution in [2.75, 3.05) is 9.80 Å². The number of pyridine rings is 1. The van der Waals surface area contributed by atoms with Gasteiger partial charge in [-0.25, -0.2) is 4.98 Å². The quantitative estimate of drug-likeness (QED) is 0.307. The molecule has 0 unspecified atom stereocenters. The summed E-state index contributed by atoms with van der Waals surface area (Å²) in [5.41, 5.74) is 1.55. The Hall–Kier alpha value is -1.25. The van der Waals surface area contributed by atoms with E-state index in [1.54, 1.807) is 77.0 Å². The summed E-state index contributed by atoms with van der Waals surface area (Å²) in [6.07, 6.45) is 36.4. The van der Waals surface area contributed by atoms with Crippen molar-refractivity contribution in [3.63, 3.8) is 0 Å². The Balaban J connectivity index is 0.977. The van der Waals surface area contributed by atoms with E-state index in [0.717, 1.165) is 71.0 Å². The Labute approximate surface area is 291 Å². The molecular weight excluding hydrogens is 583 g/mol. The van der Waals surface area contributed by atoms with Crippen LogP contribution in [-0.4, -0.2) is 27.1 Å². The van der Waals surface area contributed by atoms with Crippen molar-refractivity contribution in [3.8, 4) is 0 Å². The topological polar surface area (TPSA) is 19.4 Å². The summed E-state index contributed by atoms with van der Waals surface area (Å²) >= 11 is 0. The molecule has 0 aromatic carbocycles. The molecule has 16 fully saturated rings. The van der Waals surface area contributed by atoms with Gasteiger partial charge in [0, 0.05) is 22.2 Å². The van der Waals surface area contributed by atoms with Crippen molar-refractivity contribution < 1.29 is 0 Å². The average Bonchev–Trinajstić information content (AvgIpc) is 2.98. The van der Waals surface area contributed by atoms with Crippen LogP contribution in [0.2, 0.25) is 0 Å². The van der Waals surface area contributed by atoms with Gasteiger partial charge in [-0.15, -0.1) is 0 Å². The molecule has 16 aliphatic rings. The predicted molar refractivity (Wildman–Crippen MR) is 193 cm³/mol. The Morgan fingerprint density at radius 3 is 0.708 bits per heavy atom. The van der Waals surface area contributed by atoms with E-state index in [4.69, 9.17) is 4.98 Å². The molecule has 0 spiro atoms. The molecule has 0 N–H and O–H groups in total. The highest BCUT2D eigenvalue weighted by molar-refractivity contribution is 5.57. The van der Waals surface area contributed by atoms with Crippen LogP contribution >= 0.6 is 0 Å². The second-order valence-corrected chi connectivity index (χ2v) is 22.6. The highest BCUT2D eigenvalue weighted by atomic mass is 15.4. The maximum atomic E-state index is 6.25. The number of nitrogens with zero attached hydrogens (tertiary/aromatic N) is 3. The van der Waals surface area contributed by atoms with Crippen LogP contribution in [0.1, 0.15) is 154 Å². The Morgan fingerprint density at radius 2 is 0.521 bits per heavy atom. The zero-order chi connectivity index (χ0) is 31.0. The summed E-state index contributed by atoms with van der Waals surface area (Å²) in [5.74, 6) is 14.8. The predicted octanol–water partition coefficient (Wildman–Crippen LogP) is 10.6. The molecule has 0 amide bonds. The molecule has 3 nitrogen and oxygen atoms in total. The number of anilines is 2. The lowest BCUT2D eigenvalue weighted by molar-refractivity contribution is -0.0574. The minimum Gasteiger partial charge on any atom is -0.345 e. The maximum Gasteiger partial charge on any atom is 0.131 e. The van der Waals surface area contributed by atoms with Crippen LogP contribution in [0.3, 0.4) is 0 Å². The number of hydrogen-bond acceptors (Lipinski definition) is 3. The highest BCUT2D eigenvalue weighted by Gasteiger charge is 2.64. The van der Waals surface area contributed by atoms with Crippen molar-refractivity contribution in [2.45, 2.75) is 176 Å². The second kappa shape index (κ2) is 9.40. The zero-order valence-corrected chi connectivity index (χ0v) is 30.0. The molecule has 16 aliphatic carbocycles. The summed E-state index contributed by atoms with van der Waals surface area (Å²) < 4.78 is 0. The lowest BCUT2D eigenvalue weighted by Crippen LogP contribution is -2.71. The van der Waals surface area contributed by atoms with Crippen molar-refractivity contribution >= 4 is 11.6 Å². The molecule has 0 atom stereocenters. The SMILES string of the molecule is c1cc(N(C23CC4CC(CC(C4)C2)C3)C23CC4CC(CC(C4)C2)C3)nc(N(C23CC4CC(CC(C4)C2)C3)C23CC4CC(CC(C4)C2)C3)c1. The van der Waals surface area contributed by atoms with Gasteiger partial charge in [-0.2, -0.15) is 0 Å². The van der Waals surface area contributed by atoms with Crippen molar-refractivity contribution in [2.24, 2.45) is 71.0 Å². The highest BCUT2D eigenvalue weighted by Crippen LogP contribution is 2.67. The van der Waals surface area contributed by atoms with E-state index in [2.05, 4.69) is 28.0 Å². The van der Waals surface area contributed by atoms with Crippen LogP contribution < -0.4 is 9.80 Å². The van der Waals surface area contributed by atoms with Crippen LogP contribution in [0.25, 0.3) is 0 Å². The summed E-state index contributed by atoms with van der Waals surface area (Å²) in [4.78, 5) is 12.8. The molecule has 0 saturated heterocycles. The molecule has 0 aliphatic heterocycles. The molecule has 1 aromatic rings. The lowest BCUT2D eigenvalue weighted by Gasteiger charge is -2.70. The summed E-state index contributed by atoms with van der Waals surface area (Å²) in [5, 5.41) is 0. The normalized spacial score (nSPS) is 57.2. The Morgan fingerprint density at radius 1 is 0.333 bits per heavy atom. The first-order valence-corrected chi connectivity index (χ1v) is 22.0. The van der Waals surface area contributed by atoms with Gasteiger partial charge in [0.05, 0.1) is 0 Å². The third-order valence-corrected chi connectivity index (χ3v) is 19.1. The van der Waals surface area contributed by atoms with Crippen molar-refractivity contribution in [1.82, 2.24) is 4.98 Å². The molecule has 16 bridgehead atoms. The molecule has 17 rings (SSSR count). The van der Waals surface area contributed by atoms with Crippen LogP contribution in [0.5, 0.6) is 0 Å². The summed E-state index contributed by atoms with van der Waals surface area (Å²) in [7, 11) is 0. The van der Waals surface area contributed by atoms with Gasteiger partial charge in [-0.3, -0.25) is 0 Å². The van der Waals surface area contributed by atoms with Gasteiger partial charge in [-0.05, 0) is 237 Å². The van der Waals surface area contributed by atoms with E-state index < -0.39 is 0 Å². The van der Waals surface area contributed by atoms with Gasteiger partial charge in [0.15, 0.2) is 0 Å². The van der Waals surface area contributed by atoms with E-state index in [1.165, 1.54) is 88.7 Å². The maximum absolute atomic E-state index is 6.25. The molecular formula is C45H63N3. The third-order valence-electron chi connectivity index (χ3n) is 19.1. The third kappa shape index (κ3) is 3.87. The lowest BCUT2D eigenvalue weighted by atomic mass is 9.48. The fraction of sp³-hybridized carbons (Fsp3) is 0.889. The molecule has 1 heterocycles. The standard InChI is InChI=1S/C45H63N3/c1-2-40(47(42-16-28-4-29(17-42)6-30(5-28)18-42)43-19-31-7-32(20-43)9-33(8-31)21-43)46-41(3-1)48(44-22-34-10-35(23-44)12-36(11-34)24-44)45-25-37-13-38(26-45)15-39(14-37)27-45/h1-3,28-39H,4-27H2. The van der Waals surface area contributed by atoms with Gasteiger partial charge < -0.3 is 9.80 Å². The zero-order valence-electron chi connectivity index (χ0n) is 30.0. The molecule has 0 radical (unpaired) electrons. The first-order chi connectivity index (χ1) is 23.4. The fourth-order valence-electron chi connectivity index (χ4n) is 20.0. The van der Waals surface area contributed by atoms with Gasteiger partial charge in [0.25, 0.3) is 0 Å². The molecule has 1 aromatic heterocycles. The smallest absolute Gasteiger partial charge is 0.131 e. The number of rotatable bonds is 6. The van der Waals surface area contributed by atoms with E-state index in [0.29, 0.717) is 22.2 Å². The van der Waals surface area contributed by atoms with Gasteiger partial charge in [0.2, 0.25) is 0 Å². The molecule has 16 saturated carbocycles. The summed E-state index contributed by atoms with van der Waals surface area (Å²) in [6, 6.07) is 7.72. The van der Waals surface area contributed by atoms with E-state index >= 15 is 0 Å². The largest absolute Gasteiger partial charge is 0.345 e. The van der Waals surface area contributed by atoms with E-state index in [1.807, 2.05) is 0 Å². The average molecular weight is 646 g/mol. The van der Waals surface area contributed by atoms with Crippen LogP contribution in [-0.2, 0) is 0 Å². The first kappa shape index (κ1) is 28.3.